The first kappa shape index (κ1) is 74.6. The molecule has 0 spiro atoms. The summed E-state index contributed by atoms with van der Waals surface area (Å²) in [7, 11) is 0. The molecule has 1 atom stereocenters. The maximum atomic E-state index is 12.9. The summed E-state index contributed by atoms with van der Waals surface area (Å²) < 4.78 is 17.0. The van der Waals surface area contributed by atoms with Crippen LogP contribution in [-0.2, 0) is 28.6 Å². The fourth-order valence-electron chi connectivity index (χ4n) is 10.4. The molecule has 6 nitrogen and oxygen atoms in total. The monoisotopic (exact) mass is 1080 g/mol. The molecule has 0 aliphatic carbocycles. The molecule has 0 bridgehead atoms. The van der Waals surface area contributed by atoms with E-state index in [0.717, 1.165) is 64.2 Å². The minimum Gasteiger partial charge on any atom is -0.462 e. The van der Waals surface area contributed by atoms with E-state index >= 15 is 0 Å². The number of carbonyl (C=O) groups is 3. The molecular formula is C71H132O6. The van der Waals surface area contributed by atoms with E-state index in [0.29, 0.717) is 19.3 Å². The fourth-order valence-corrected chi connectivity index (χ4v) is 10.4. The van der Waals surface area contributed by atoms with Crippen molar-refractivity contribution in [2.24, 2.45) is 0 Å². The van der Waals surface area contributed by atoms with Crippen LogP contribution >= 0.6 is 0 Å². The lowest BCUT2D eigenvalue weighted by molar-refractivity contribution is -0.167. The topological polar surface area (TPSA) is 78.9 Å². The molecule has 0 aliphatic heterocycles. The number of unbranched alkanes of at least 4 members (excludes halogenated alkanes) is 47. The number of hydrogen-bond donors (Lipinski definition) is 0. The second kappa shape index (κ2) is 66.1. The molecule has 1 unspecified atom stereocenters. The number of ether oxygens (including phenoxy) is 3. The molecule has 0 heterocycles. The second-order valence-electron chi connectivity index (χ2n) is 23.4. The third-order valence-electron chi connectivity index (χ3n) is 15.6. The van der Waals surface area contributed by atoms with Gasteiger partial charge in [0.2, 0.25) is 0 Å². The molecule has 0 aromatic rings. The van der Waals surface area contributed by atoms with Crippen LogP contribution in [0.15, 0.2) is 36.5 Å². The average molecular weight is 1080 g/mol. The Balaban J connectivity index is 4.29. The Kier molecular flexibility index (Phi) is 64.1. The predicted molar refractivity (Wildman–Crippen MR) is 335 cm³/mol. The van der Waals surface area contributed by atoms with E-state index in [1.54, 1.807) is 0 Å². The first-order valence-electron chi connectivity index (χ1n) is 34.5. The van der Waals surface area contributed by atoms with Gasteiger partial charge in [0.05, 0.1) is 0 Å². The average Bonchev–Trinajstić information content (AvgIpc) is 3.43. The maximum absolute atomic E-state index is 12.9. The SMILES string of the molecule is CCCCCCCCC/C=C\CCCCCCCCCC(=O)OC(COC(=O)CCCCCCC/C=C\CCCCCCCCC)COC(=O)CCCCCCCCCCCCCCC/C=C\CCCCCCCCCC. The Bertz CT molecular complexity index is 1290. The fraction of sp³-hybridized carbons (Fsp3) is 0.873. The number of rotatable bonds is 64. The van der Waals surface area contributed by atoms with Gasteiger partial charge in [0.1, 0.15) is 13.2 Å². The number of carbonyl (C=O) groups excluding carboxylic acids is 3. The second-order valence-corrected chi connectivity index (χ2v) is 23.4. The molecule has 0 amide bonds. The molecule has 452 valence electrons. The van der Waals surface area contributed by atoms with Crippen molar-refractivity contribution in [3.8, 4) is 0 Å². The molecule has 0 fully saturated rings. The number of allylic oxidation sites excluding steroid dienone is 6. The Morgan fingerprint density at radius 2 is 0.429 bits per heavy atom. The molecule has 0 aromatic heterocycles. The molecular weight excluding hydrogens is 949 g/mol. The first-order valence-corrected chi connectivity index (χ1v) is 34.5. The van der Waals surface area contributed by atoms with Crippen molar-refractivity contribution in [1.29, 1.82) is 0 Å². The van der Waals surface area contributed by atoms with E-state index in [-0.39, 0.29) is 31.1 Å². The lowest BCUT2D eigenvalue weighted by Gasteiger charge is -2.18. The highest BCUT2D eigenvalue weighted by Crippen LogP contribution is 2.17. The number of hydrogen-bond acceptors (Lipinski definition) is 6. The minimum atomic E-state index is -0.777. The van der Waals surface area contributed by atoms with Crippen molar-refractivity contribution in [2.75, 3.05) is 13.2 Å². The summed E-state index contributed by atoms with van der Waals surface area (Å²) in [6, 6.07) is 0. The van der Waals surface area contributed by atoms with Crippen LogP contribution in [0.25, 0.3) is 0 Å². The lowest BCUT2D eigenvalue weighted by Crippen LogP contribution is -2.30. The van der Waals surface area contributed by atoms with Crippen molar-refractivity contribution < 1.29 is 28.6 Å². The van der Waals surface area contributed by atoms with Gasteiger partial charge in [0.25, 0.3) is 0 Å². The summed E-state index contributed by atoms with van der Waals surface area (Å²) in [4.78, 5) is 38.4. The largest absolute Gasteiger partial charge is 0.462 e. The van der Waals surface area contributed by atoms with Crippen LogP contribution in [0.1, 0.15) is 380 Å². The van der Waals surface area contributed by atoms with Crippen LogP contribution in [0, 0.1) is 0 Å². The first-order chi connectivity index (χ1) is 38.0. The van der Waals surface area contributed by atoms with Gasteiger partial charge in [0, 0.05) is 19.3 Å². The Morgan fingerprint density at radius 3 is 0.649 bits per heavy atom. The highest BCUT2D eigenvalue weighted by Gasteiger charge is 2.19. The van der Waals surface area contributed by atoms with Crippen LogP contribution in [0.2, 0.25) is 0 Å². The highest BCUT2D eigenvalue weighted by atomic mass is 16.6. The van der Waals surface area contributed by atoms with Crippen LogP contribution < -0.4 is 0 Å². The third kappa shape index (κ3) is 64.3. The summed E-state index contributed by atoms with van der Waals surface area (Å²) in [5.74, 6) is -0.860. The van der Waals surface area contributed by atoms with E-state index in [1.165, 1.54) is 276 Å². The van der Waals surface area contributed by atoms with Crippen LogP contribution in [0.5, 0.6) is 0 Å². The number of esters is 3. The van der Waals surface area contributed by atoms with Crippen molar-refractivity contribution >= 4 is 17.9 Å². The van der Waals surface area contributed by atoms with Crippen LogP contribution in [-0.4, -0.2) is 37.2 Å². The zero-order chi connectivity index (χ0) is 55.7. The van der Waals surface area contributed by atoms with Gasteiger partial charge in [-0.25, -0.2) is 0 Å². The Morgan fingerprint density at radius 1 is 0.247 bits per heavy atom. The van der Waals surface area contributed by atoms with Gasteiger partial charge < -0.3 is 14.2 Å². The normalized spacial score (nSPS) is 12.2. The summed E-state index contributed by atoms with van der Waals surface area (Å²) in [5, 5.41) is 0. The van der Waals surface area contributed by atoms with Crippen molar-refractivity contribution in [3.05, 3.63) is 36.5 Å². The molecule has 0 saturated heterocycles. The lowest BCUT2D eigenvalue weighted by atomic mass is 10.0. The van der Waals surface area contributed by atoms with Gasteiger partial charge >= 0.3 is 17.9 Å². The zero-order valence-corrected chi connectivity index (χ0v) is 52.0. The zero-order valence-electron chi connectivity index (χ0n) is 52.0. The van der Waals surface area contributed by atoms with E-state index < -0.39 is 6.10 Å². The molecule has 0 N–H and O–H groups in total. The van der Waals surface area contributed by atoms with Gasteiger partial charge in [-0.2, -0.15) is 0 Å². The molecule has 0 rings (SSSR count). The Hall–Kier alpha value is -2.37. The molecule has 0 radical (unpaired) electrons. The van der Waals surface area contributed by atoms with E-state index in [1.807, 2.05) is 0 Å². The quantitative estimate of drug-likeness (QED) is 0.0261. The highest BCUT2D eigenvalue weighted by molar-refractivity contribution is 5.71. The van der Waals surface area contributed by atoms with Gasteiger partial charge in [-0.15, -0.1) is 0 Å². The van der Waals surface area contributed by atoms with Gasteiger partial charge in [0.15, 0.2) is 6.10 Å². The smallest absolute Gasteiger partial charge is 0.306 e. The summed E-state index contributed by atoms with van der Waals surface area (Å²) in [5.41, 5.74) is 0. The minimum absolute atomic E-state index is 0.0730. The third-order valence-corrected chi connectivity index (χ3v) is 15.6. The summed E-state index contributed by atoms with van der Waals surface area (Å²) in [6.45, 7) is 6.69. The van der Waals surface area contributed by atoms with E-state index in [9.17, 15) is 14.4 Å². The van der Waals surface area contributed by atoms with E-state index in [2.05, 4.69) is 57.2 Å². The van der Waals surface area contributed by atoms with Crippen molar-refractivity contribution in [2.45, 2.75) is 386 Å². The standard InChI is InChI=1S/C71H132O6/c1-4-7-10-13-16-19-22-25-28-31-33-34-35-36-37-38-39-41-43-46-49-52-55-58-61-64-70(73)76-67-68(66-75-69(72)63-60-57-54-51-48-45-42-30-27-24-21-18-15-12-9-6-3)77-71(74)65-62-59-56-53-50-47-44-40-32-29-26-23-20-17-14-11-8-5-2/h29-33,42,68H,4-28,34-41,43-67H2,1-3H3/b32-29-,33-31-,42-30-. The maximum Gasteiger partial charge on any atom is 0.306 e. The summed E-state index contributed by atoms with van der Waals surface area (Å²) in [6.07, 6.45) is 81.6. The van der Waals surface area contributed by atoms with E-state index in [4.69, 9.17) is 14.2 Å². The summed E-state index contributed by atoms with van der Waals surface area (Å²) >= 11 is 0. The molecule has 0 aromatic carbocycles. The van der Waals surface area contributed by atoms with Gasteiger partial charge in [-0.3, -0.25) is 14.4 Å². The van der Waals surface area contributed by atoms with Crippen molar-refractivity contribution in [1.82, 2.24) is 0 Å². The molecule has 77 heavy (non-hydrogen) atoms. The molecule has 0 aliphatic rings. The van der Waals surface area contributed by atoms with Gasteiger partial charge in [-0.05, 0) is 96.3 Å². The van der Waals surface area contributed by atoms with Crippen molar-refractivity contribution in [3.63, 3.8) is 0 Å². The van der Waals surface area contributed by atoms with Gasteiger partial charge in [-0.1, -0.05) is 301 Å². The molecule has 0 saturated carbocycles. The van der Waals surface area contributed by atoms with Crippen LogP contribution in [0.3, 0.4) is 0 Å². The van der Waals surface area contributed by atoms with Crippen LogP contribution in [0.4, 0.5) is 0 Å². The molecule has 6 heteroatoms. The Labute approximate surface area is 480 Å². The predicted octanol–water partition coefficient (Wildman–Crippen LogP) is 23.6.